The van der Waals surface area contributed by atoms with Crippen molar-refractivity contribution in [2.75, 3.05) is 19.7 Å². The molecule has 0 heterocycles. The number of amides is 1. The second-order valence-electron chi connectivity index (χ2n) is 7.49. The van der Waals surface area contributed by atoms with Gasteiger partial charge in [-0.1, -0.05) is 18.5 Å². The SMILES string of the molecule is CCCNCC(=O)CC12CC(NC(=O)COc3ccc(Cl)cc3)(C1)C2. The molecule has 6 heteroatoms. The molecule has 0 atom stereocenters. The van der Waals surface area contributed by atoms with Gasteiger partial charge < -0.3 is 15.4 Å². The molecule has 136 valence electrons. The molecule has 25 heavy (non-hydrogen) atoms. The van der Waals surface area contributed by atoms with Crippen molar-refractivity contribution in [1.29, 1.82) is 0 Å². The molecular formula is C19H25ClN2O3. The average Bonchev–Trinajstić information content (AvgIpc) is 2.51. The quantitative estimate of drug-likeness (QED) is 0.626. The van der Waals surface area contributed by atoms with Crippen molar-refractivity contribution in [3.8, 4) is 5.75 Å². The van der Waals surface area contributed by atoms with Crippen molar-refractivity contribution >= 4 is 23.3 Å². The third kappa shape index (κ3) is 4.33. The van der Waals surface area contributed by atoms with Crippen LogP contribution in [-0.4, -0.2) is 36.9 Å². The van der Waals surface area contributed by atoms with Gasteiger partial charge in [-0.3, -0.25) is 9.59 Å². The van der Waals surface area contributed by atoms with Crippen LogP contribution in [0.5, 0.6) is 5.75 Å². The lowest BCUT2D eigenvalue weighted by molar-refractivity contribution is -0.172. The minimum absolute atomic E-state index is 0.00372. The summed E-state index contributed by atoms with van der Waals surface area (Å²) in [7, 11) is 0. The van der Waals surface area contributed by atoms with E-state index in [0.29, 0.717) is 23.7 Å². The zero-order valence-corrected chi connectivity index (χ0v) is 15.3. The van der Waals surface area contributed by atoms with E-state index < -0.39 is 0 Å². The number of hydrogen-bond acceptors (Lipinski definition) is 4. The third-order valence-electron chi connectivity index (χ3n) is 5.05. The van der Waals surface area contributed by atoms with Crippen LogP contribution >= 0.6 is 11.6 Å². The van der Waals surface area contributed by atoms with E-state index in [9.17, 15) is 9.59 Å². The van der Waals surface area contributed by atoms with Gasteiger partial charge in [0.05, 0.1) is 6.54 Å². The fourth-order valence-corrected chi connectivity index (χ4v) is 4.34. The standard InChI is InChI=1S/C19H25ClN2O3/c1-2-7-21-9-15(23)8-18-11-19(12-18,13-18)22-17(24)10-25-16-5-3-14(20)4-6-16/h3-6,21H,2,7-13H2,1H3,(H,22,24). The largest absolute Gasteiger partial charge is 0.484 e. The van der Waals surface area contributed by atoms with Crippen LogP contribution in [0.1, 0.15) is 39.0 Å². The van der Waals surface area contributed by atoms with E-state index in [1.165, 1.54) is 0 Å². The van der Waals surface area contributed by atoms with Crippen LogP contribution in [0.15, 0.2) is 24.3 Å². The van der Waals surface area contributed by atoms with Gasteiger partial charge in [0.15, 0.2) is 6.61 Å². The van der Waals surface area contributed by atoms with E-state index in [4.69, 9.17) is 16.3 Å². The maximum Gasteiger partial charge on any atom is 0.258 e. The number of ether oxygens (including phenoxy) is 1. The Morgan fingerprint density at radius 3 is 2.52 bits per heavy atom. The molecule has 2 bridgehead atoms. The zero-order valence-electron chi connectivity index (χ0n) is 14.6. The van der Waals surface area contributed by atoms with Crippen LogP contribution in [0, 0.1) is 5.41 Å². The Morgan fingerprint density at radius 1 is 1.20 bits per heavy atom. The van der Waals surface area contributed by atoms with Gasteiger partial charge >= 0.3 is 0 Å². The zero-order chi connectivity index (χ0) is 17.9. The van der Waals surface area contributed by atoms with Crippen LogP contribution in [0.2, 0.25) is 5.02 Å². The fourth-order valence-electron chi connectivity index (χ4n) is 4.22. The van der Waals surface area contributed by atoms with E-state index in [1.807, 2.05) is 0 Å². The fraction of sp³-hybridized carbons (Fsp3) is 0.579. The highest BCUT2D eigenvalue weighted by molar-refractivity contribution is 6.30. The van der Waals surface area contributed by atoms with Gasteiger partial charge in [0.25, 0.3) is 5.91 Å². The summed E-state index contributed by atoms with van der Waals surface area (Å²) in [6.45, 7) is 3.42. The smallest absolute Gasteiger partial charge is 0.258 e. The van der Waals surface area contributed by atoms with E-state index >= 15 is 0 Å². The maximum absolute atomic E-state index is 12.1. The predicted octanol–water partition coefficient (Wildman–Crippen LogP) is 2.72. The minimum atomic E-state index is -0.112. The average molecular weight is 365 g/mol. The van der Waals surface area contributed by atoms with Crippen molar-refractivity contribution in [1.82, 2.24) is 10.6 Å². The van der Waals surface area contributed by atoms with E-state index in [2.05, 4.69) is 17.6 Å². The number of benzene rings is 1. The van der Waals surface area contributed by atoms with Crippen molar-refractivity contribution in [2.45, 2.75) is 44.6 Å². The van der Waals surface area contributed by atoms with Crippen molar-refractivity contribution in [3.05, 3.63) is 29.3 Å². The summed E-state index contributed by atoms with van der Waals surface area (Å²) in [6, 6.07) is 6.94. The molecule has 0 aromatic heterocycles. The molecule has 4 rings (SSSR count). The summed E-state index contributed by atoms with van der Waals surface area (Å²) in [6.07, 6.45) is 4.39. The number of ketones is 1. The Labute approximate surface area is 153 Å². The molecule has 0 radical (unpaired) electrons. The number of hydrogen-bond donors (Lipinski definition) is 2. The molecular weight excluding hydrogens is 340 g/mol. The van der Waals surface area contributed by atoms with Crippen molar-refractivity contribution < 1.29 is 14.3 Å². The van der Waals surface area contributed by atoms with Gasteiger partial charge in [-0.25, -0.2) is 0 Å². The Bertz CT molecular complexity index is 625. The third-order valence-corrected chi connectivity index (χ3v) is 5.30. The van der Waals surface area contributed by atoms with Gasteiger partial charge in [0.1, 0.15) is 11.5 Å². The molecule has 0 saturated heterocycles. The van der Waals surface area contributed by atoms with E-state index in [-0.39, 0.29) is 29.3 Å². The summed E-state index contributed by atoms with van der Waals surface area (Å²) in [4.78, 5) is 24.1. The van der Waals surface area contributed by atoms with Crippen LogP contribution in [0.25, 0.3) is 0 Å². The van der Waals surface area contributed by atoms with Crippen molar-refractivity contribution in [3.63, 3.8) is 0 Å². The number of Topliss-reactive ketones (excluding diaryl/α,β-unsaturated/α-hetero) is 1. The second kappa shape index (κ2) is 7.34. The topological polar surface area (TPSA) is 67.4 Å². The first-order valence-corrected chi connectivity index (χ1v) is 9.24. The molecule has 2 N–H and O–H groups in total. The monoisotopic (exact) mass is 364 g/mol. The highest BCUT2D eigenvalue weighted by Gasteiger charge is 2.68. The van der Waals surface area contributed by atoms with Gasteiger partial charge in [-0.05, 0) is 61.9 Å². The molecule has 0 aliphatic heterocycles. The van der Waals surface area contributed by atoms with Gasteiger partial charge in [-0.2, -0.15) is 0 Å². The molecule has 3 saturated carbocycles. The molecule has 0 unspecified atom stereocenters. The van der Waals surface area contributed by atoms with Crippen molar-refractivity contribution in [2.24, 2.45) is 5.41 Å². The van der Waals surface area contributed by atoms with Crippen LogP contribution < -0.4 is 15.4 Å². The number of carbonyl (C=O) groups excluding carboxylic acids is 2. The summed E-state index contributed by atoms with van der Waals surface area (Å²) in [5.41, 5.74) is 0.0346. The van der Waals surface area contributed by atoms with Crippen LogP contribution in [-0.2, 0) is 9.59 Å². The summed E-state index contributed by atoms with van der Waals surface area (Å²) < 4.78 is 5.47. The highest BCUT2D eigenvalue weighted by Crippen LogP contribution is 2.68. The van der Waals surface area contributed by atoms with E-state index in [1.54, 1.807) is 24.3 Å². The number of rotatable bonds is 10. The Kier molecular flexibility index (Phi) is 5.35. The lowest BCUT2D eigenvalue weighted by atomic mass is 9.38. The molecule has 1 aromatic rings. The van der Waals surface area contributed by atoms with Crippen LogP contribution in [0.4, 0.5) is 0 Å². The summed E-state index contributed by atoms with van der Waals surface area (Å²) >= 11 is 5.81. The summed E-state index contributed by atoms with van der Waals surface area (Å²) in [5.74, 6) is 0.789. The first-order valence-electron chi connectivity index (χ1n) is 8.86. The normalized spacial score (nSPS) is 26.3. The van der Waals surface area contributed by atoms with Gasteiger partial charge in [0, 0.05) is 17.0 Å². The lowest BCUT2D eigenvalue weighted by Gasteiger charge is -2.70. The Hall–Kier alpha value is -1.59. The number of nitrogens with one attached hydrogen (secondary N) is 2. The highest BCUT2D eigenvalue weighted by atomic mass is 35.5. The molecule has 5 nitrogen and oxygen atoms in total. The maximum atomic E-state index is 12.1. The second-order valence-corrected chi connectivity index (χ2v) is 7.93. The number of carbonyl (C=O) groups is 2. The molecule has 3 aliphatic carbocycles. The molecule has 1 aromatic carbocycles. The van der Waals surface area contributed by atoms with Gasteiger partial charge in [0.2, 0.25) is 0 Å². The molecule has 3 aliphatic rings. The number of halogens is 1. The van der Waals surface area contributed by atoms with Crippen LogP contribution in [0.3, 0.4) is 0 Å². The summed E-state index contributed by atoms with van der Waals surface area (Å²) in [5, 5.41) is 6.86. The molecule has 0 spiro atoms. The first kappa shape index (κ1) is 18.2. The Morgan fingerprint density at radius 2 is 1.88 bits per heavy atom. The molecule has 3 fully saturated rings. The minimum Gasteiger partial charge on any atom is -0.484 e. The Balaban J connectivity index is 1.35. The molecule has 1 amide bonds. The lowest BCUT2D eigenvalue weighted by Crippen LogP contribution is -2.75. The van der Waals surface area contributed by atoms with Gasteiger partial charge in [-0.15, -0.1) is 0 Å². The van der Waals surface area contributed by atoms with E-state index in [0.717, 1.165) is 32.2 Å². The first-order chi connectivity index (χ1) is 11.9. The predicted molar refractivity (Wildman–Crippen MR) is 96.9 cm³/mol.